The maximum atomic E-state index is 13.1. The van der Waals surface area contributed by atoms with E-state index in [4.69, 9.17) is 9.47 Å². The van der Waals surface area contributed by atoms with E-state index in [1.807, 2.05) is 27.7 Å². The van der Waals surface area contributed by atoms with Gasteiger partial charge in [0.25, 0.3) is 5.91 Å². The summed E-state index contributed by atoms with van der Waals surface area (Å²) in [6.07, 6.45) is 6.51. The van der Waals surface area contributed by atoms with Crippen LogP contribution in [-0.2, 0) is 28.7 Å². The molecule has 0 N–H and O–H groups in total. The molecule has 5 saturated heterocycles. The molecule has 14 heteroatoms. The Kier molecular flexibility index (Phi) is 8.82. The van der Waals surface area contributed by atoms with Crippen molar-refractivity contribution in [1.29, 1.82) is 0 Å². The maximum absolute atomic E-state index is 13.1. The average Bonchev–Trinajstić information content (AvgIpc) is 3.07. The van der Waals surface area contributed by atoms with Crippen molar-refractivity contribution >= 4 is 88.6 Å². The predicted octanol–water partition coefficient (Wildman–Crippen LogP) is 2.65. The monoisotopic (exact) mass is 700 g/mol. The zero-order valence-electron chi connectivity index (χ0n) is 21.8. The van der Waals surface area contributed by atoms with Crippen molar-refractivity contribution in [2.45, 2.75) is 95.7 Å². The summed E-state index contributed by atoms with van der Waals surface area (Å²) in [5.41, 5.74) is 0. The number of fused-ring (bicyclic) bond motifs is 2. The standard InChI is InChI=1S/C24H33IN4O6S2.ClH/c1-23(2)15(28-17(30)13(25)19(28)36-23)21(32)34-12-35-22(33)16-24(3,4)37-20-14(18(31)29(16)20)26-11-27-9-7-5-6-8-10-27;/h11,13-16,19-20H,5-10,12H2,1-4H3;1H/b26-11+;/t13-,14?,15+,16+,19-,20-;/m1./s1. The van der Waals surface area contributed by atoms with Crippen LogP contribution in [0.1, 0.15) is 53.4 Å². The van der Waals surface area contributed by atoms with Crippen LogP contribution in [0.25, 0.3) is 0 Å². The van der Waals surface area contributed by atoms with Crippen LogP contribution in [0, 0.1) is 0 Å². The number of nitrogens with zero attached hydrogens (tertiary/aromatic N) is 4. The fourth-order valence-corrected chi connectivity index (χ4v) is 10.00. The molecule has 0 aromatic rings. The highest BCUT2D eigenvalue weighted by Gasteiger charge is 2.65. The zero-order chi connectivity index (χ0) is 26.7. The van der Waals surface area contributed by atoms with Gasteiger partial charge in [0.1, 0.15) is 26.8 Å². The third kappa shape index (κ3) is 5.13. The first-order valence-electron chi connectivity index (χ1n) is 12.7. The Labute approximate surface area is 251 Å². The van der Waals surface area contributed by atoms with Crippen LogP contribution in [0.2, 0.25) is 0 Å². The fourth-order valence-electron chi connectivity index (χ4n) is 5.74. The lowest BCUT2D eigenvalue weighted by atomic mass is 9.96. The molecule has 5 aliphatic heterocycles. The Morgan fingerprint density at radius 1 is 0.921 bits per heavy atom. The van der Waals surface area contributed by atoms with E-state index in [-0.39, 0.29) is 38.9 Å². The molecule has 212 valence electrons. The molecule has 0 bridgehead atoms. The van der Waals surface area contributed by atoms with Crippen LogP contribution in [0.4, 0.5) is 0 Å². The molecule has 5 aliphatic rings. The summed E-state index contributed by atoms with van der Waals surface area (Å²) in [6, 6.07) is -2.03. The summed E-state index contributed by atoms with van der Waals surface area (Å²) >= 11 is 5.22. The molecule has 0 radical (unpaired) electrons. The van der Waals surface area contributed by atoms with E-state index >= 15 is 0 Å². The number of alkyl halides is 1. The zero-order valence-corrected chi connectivity index (χ0v) is 26.4. The lowest BCUT2D eigenvalue weighted by Gasteiger charge is -2.42. The third-order valence-electron chi connectivity index (χ3n) is 7.67. The quantitative estimate of drug-likeness (QED) is 0.0787. The number of esters is 2. The van der Waals surface area contributed by atoms with Crippen molar-refractivity contribution in [3.8, 4) is 0 Å². The Morgan fingerprint density at radius 2 is 1.42 bits per heavy atom. The van der Waals surface area contributed by atoms with Crippen LogP contribution in [0.5, 0.6) is 0 Å². The van der Waals surface area contributed by atoms with Crippen molar-refractivity contribution in [1.82, 2.24) is 14.7 Å². The summed E-state index contributed by atoms with van der Waals surface area (Å²) in [6.45, 7) is 8.97. The first-order chi connectivity index (χ1) is 17.4. The van der Waals surface area contributed by atoms with E-state index in [0.717, 1.165) is 25.9 Å². The number of ether oxygens (including phenoxy) is 2. The second-order valence-electron chi connectivity index (χ2n) is 11.1. The molecule has 0 aliphatic carbocycles. The minimum Gasteiger partial charge on any atom is -0.426 e. The number of aliphatic imine (C=N–C) groups is 1. The molecule has 0 spiro atoms. The third-order valence-corrected chi connectivity index (χ3v) is 12.5. The summed E-state index contributed by atoms with van der Waals surface area (Å²) in [4.78, 5) is 61.1. The molecule has 38 heavy (non-hydrogen) atoms. The molecule has 0 aromatic heterocycles. The number of thioether (sulfide) groups is 2. The molecular formula is C24H34ClIN4O6S2. The van der Waals surface area contributed by atoms with Gasteiger partial charge in [-0.3, -0.25) is 14.6 Å². The highest BCUT2D eigenvalue weighted by Crippen LogP contribution is 2.53. The van der Waals surface area contributed by atoms with Crippen molar-refractivity contribution in [3.05, 3.63) is 0 Å². The Morgan fingerprint density at radius 3 is 1.97 bits per heavy atom. The minimum absolute atomic E-state index is 0. The lowest BCUT2D eigenvalue weighted by Crippen LogP contribution is -2.65. The van der Waals surface area contributed by atoms with E-state index in [1.54, 1.807) is 39.7 Å². The Balaban J connectivity index is 0.00000336. The molecular weight excluding hydrogens is 667 g/mol. The molecule has 2 amide bonds. The molecule has 0 aromatic carbocycles. The van der Waals surface area contributed by atoms with Crippen molar-refractivity contribution in [2.24, 2.45) is 4.99 Å². The molecule has 6 atom stereocenters. The number of halogens is 2. The normalized spacial score (nSPS) is 35.0. The number of carbonyl (C=O) groups excluding carboxylic acids is 4. The van der Waals surface area contributed by atoms with Gasteiger partial charge in [0.05, 0.1) is 6.34 Å². The van der Waals surface area contributed by atoms with Crippen LogP contribution < -0.4 is 0 Å². The molecule has 5 fully saturated rings. The topological polar surface area (TPSA) is 109 Å². The SMILES string of the molecule is CC1(C)S[C@@H]2C(/N=C/N3CCCCCC3)C(=O)N2[C@H]1C(=O)OCOC(=O)[C@@H]1N2C(=O)[C@@H](I)[C@H]2SC1(C)C.Cl. The number of rotatable bonds is 6. The summed E-state index contributed by atoms with van der Waals surface area (Å²) in [5.74, 6) is -1.47. The number of hydrogen-bond acceptors (Lipinski definition) is 9. The Bertz CT molecular complexity index is 1020. The predicted molar refractivity (Wildman–Crippen MR) is 157 cm³/mol. The van der Waals surface area contributed by atoms with E-state index in [0.29, 0.717) is 0 Å². The first-order valence-corrected chi connectivity index (χ1v) is 15.7. The van der Waals surface area contributed by atoms with Crippen molar-refractivity contribution < 1.29 is 28.7 Å². The van der Waals surface area contributed by atoms with Gasteiger partial charge in [0.15, 0.2) is 6.04 Å². The number of β-lactam (4-membered cyclic amide) rings is 2. The summed E-state index contributed by atoms with van der Waals surface area (Å²) < 4.78 is 9.41. The second-order valence-corrected chi connectivity index (χ2v) is 16.0. The maximum Gasteiger partial charge on any atom is 0.333 e. The number of carbonyl (C=O) groups is 4. The van der Waals surface area contributed by atoms with Crippen molar-refractivity contribution in [2.75, 3.05) is 19.9 Å². The van der Waals surface area contributed by atoms with E-state index in [9.17, 15) is 19.2 Å². The van der Waals surface area contributed by atoms with E-state index < -0.39 is 46.4 Å². The second kappa shape index (κ2) is 11.2. The summed E-state index contributed by atoms with van der Waals surface area (Å²) in [7, 11) is 0. The van der Waals surface area contributed by atoms with Crippen LogP contribution in [0.3, 0.4) is 0 Å². The van der Waals surface area contributed by atoms with Crippen LogP contribution >= 0.6 is 58.5 Å². The van der Waals surface area contributed by atoms with Gasteiger partial charge in [-0.1, -0.05) is 35.4 Å². The minimum atomic E-state index is -0.794. The van der Waals surface area contributed by atoms with E-state index in [1.165, 1.54) is 12.8 Å². The molecule has 0 saturated carbocycles. The first kappa shape index (κ1) is 30.0. The molecule has 5 rings (SSSR count). The van der Waals surface area contributed by atoms with Gasteiger partial charge in [0, 0.05) is 22.6 Å². The van der Waals surface area contributed by atoms with Gasteiger partial charge < -0.3 is 24.2 Å². The van der Waals surface area contributed by atoms with Gasteiger partial charge in [-0.05, 0) is 40.5 Å². The van der Waals surface area contributed by atoms with Crippen LogP contribution in [0.15, 0.2) is 4.99 Å². The highest BCUT2D eigenvalue weighted by molar-refractivity contribution is 14.1. The van der Waals surface area contributed by atoms with Crippen molar-refractivity contribution in [3.63, 3.8) is 0 Å². The summed E-state index contributed by atoms with van der Waals surface area (Å²) in [5, 5.41) is -0.276. The fraction of sp³-hybridized carbons (Fsp3) is 0.792. The Hall–Kier alpha value is -0.930. The van der Waals surface area contributed by atoms with Gasteiger partial charge in [-0.25, -0.2) is 9.59 Å². The van der Waals surface area contributed by atoms with Crippen LogP contribution in [-0.4, -0.2) is 107 Å². The number of likely N-dealkylation sites (tertiary alicyclic amines) is 1. The molecule has 1 unspecified atom stereocenters. The molecule has 5 heterocycles. The van der Waals surface area contributed by atoms with Gasteiger partial charge in [-0.2, -0.15) is 0 Å². The largest absolute Gasteiger partial charge is 0.426 e. The molecule has 10 nitrogen and oxygen atoms in total. The van der Waals surface area contributed by atoms with Gasteiger partial charge in [0.2, 0.25) is 12.7 Å². The number of hydrogen-bond donors (Lipinski definition) is 0. The average molecular weight is 701 g/mol. The van der Waals surface area contributed by atoms with Gasteiger partial charge in [-0.15, -0.1) is 35.9 Å². The lowest BCUT2D eigenvalue weighted by molar-refractivity contribution is -0.180. The smallest absolute Gasteiger partial charge is 0.333 e. The highest BCUT2D eigenvalue weighted by atomic mass is 127. The van der Waals surface area contributed by atoms with Gasteiger partial charge >= 0.3 is 11.9 Å². The van der Waals surface area contributed by atoms with E-state index in [2.05, 4.69) is 32.5 Å². The number of amides is 2.